The van der Waals surface area contributed by atoms with Crippen molar-refractivity contribution in [3.63, 3.8) is 0 Å². The van der Waals surface area contributed by atoms with Gasteiger partial charge in [-0.2, -0.15) is 0 Å². The van der Waals surface area contributed by atoms with Gasteiger partial charge in [0.05, 0.1) is 17.8 Å². The molecule has 0 saturated heterocycles. The van der Waals surface area contributed by atoms with Crippen LogP contribution >= 0.6 is 11.6 Å². The number of halogens is 1. The number of Topliss-reactive ketones (excluding diaryl/α,β-unsaturated/α-hetero) is 2. The molecule has 1 heterocycles. The van der Waals surface area contributed by atoms with E-state index in [0.29, 0.717) is 41.6 Å². The summed E-state index contributed by atoms with van der Waals surface area (Å²) in [5.41, 5.74) is 4.47. The number of methoxy groups -OCH3 is 1. The Morgan fingerprint density at radius 3 is 2.07 bits per heavy atom. The molecule has 222 valence electrons. The average Bonchev–Trinajstić information content (AvgIpc) is 2.90. The molecule has 0 saturated carbocycles. The molecule has 0 radical (unpaired) electrons. The molecule has 0 fully saturated rings. The van der Waals surface area contributed by atoms with Crippen LogP contribution < -0.4 is 14.8 Å². The van der Waals surface area contributed by atoms with E-state index in [1.165, 1.54) is 7.11 Å². The van der Waals surface area contributed by atoms with Gasteiger partial charge in [-0.05, 0) is 60.4 Å². The van der Waals surface area contributed by atoms with E-state index in [9.17, 15) is 14.4 Å². The third-order valence-electron chi connectivity index (χ3n) is 8.37. The zero-order chi connectivity index (χ0) is 30.4. The number of allylic oxidation sites excluding steroid dienone is 4. The molecule has 8 heteroatoms. The van der Waals surface area contributed by atoms with Gasteiger partial charge in [0, 0.05) is 47.8 Å². The first-order chi connectivity index (χ1) is 19.8. The Kier molecular flexibility index (Phi) is 8.01. The number of hydrogen-bond donors (Lipinski definition) is 1. The largest absolute Gasteiger partial charge is 0.493 e. The number of para-hydroxylation sites is 1. The van der Waals surface area contributed by atoms with Crippen LogP contribution in [0.25, 0.3) is 0 Å². The second kappa shape index (κ2) is 11.3. The maximum atomic E-state index is 13.8. The number of rotatable bonds is 7. The molecule has 0 aromatic heterocycles. The molecule has 2 aromatic rings. The molecule has 0 unspecified atom stereocenters. The molecule has 5 rings (SSSR count). The highest BCUT2D eigenvalue weighted by Gasteiger charge is 2.48. The van der Waals surface area contributed by atoms with E-state index in [2.05, 4.69) is 44.8 Å². The van der Waals surface area contributed by atoms with Gasteiger partial charge in [-0.25, -0.2) is 0 Å². The lowest BCUT2D eigenvalue weighted by Gasteiger charge is -2.48. The SMILES string of the molecule is CCN1C2=C(C(=O)CC(C)(C)C2)C(c2ccc(OCC(=O)Nc3ccccc3Cl)c(OC)c2)C2=C1CC(C)(C)CC2=O. The van der Waals surface area contributed by atoms with Crippen molar-refractivity contribution in [3.05, 3.63) is 75.6 Å². The number of amides is 1. The number of nitrogens with one attached hydrogen (secondary N) is 1. The van der Waals surface area contributed by atoms with Crippen LogP contribution in [0, 0.1) is 10.8 Å². The lowest BCUT2D eigenvalue weighted by molar-refractivity contribution is -0.120. The highest BCUT2D eigenvalue weighted by molar-refractivity contribution is 6.33. The first-order valence-electron chi connectivity index (χ1n) is 14.5. The van der Waals surface area contributed by atoms with Crippen molar-refractivity contribution in [2.45, 2.75) is 66.2 Å². The van der Waals surface area contributed by atoms with Crippen LogP contribution in [0.4, 0.5) is 5.69 Å². The van der Waals surface area contributed by atoms with Crippen LogP contribution in [-0.4, -0.2) is 42.6 Å². The summed E-state index contributed by atoms with van der Waals surface area (Å²) in [6.07, 6.45) is 2.40. The van der Waals surface area contributed by atoms with E-state index in [-0.39, 0.29) is 34.9 Å². The smallest absolute Gasteiger partial charge is 0.262 e. The first-order valence-corrected chi connectivity index (χ1v) is 14.9. The average molecular weight is 591 g/mol. The van der Waals surface area contributed by atoms with Crippen molar-refractivity contribution in [1.82, 2.24) is 4.90 Å². The summed E-state index contributed by atoms with van der Waals surface area (Å²) >= 11 is 6.16. The molecule has 1 amide bonds. The van der Waals surface area contributed by atoms with Crippen LogP contribution in [0.2, 0.25) is 5.02 Å². The Balaban J connectivity index is 1.52. The van der Waals surface area contributed by atoms with Gasteiger partial charge in [0.2, 0.25) is 0 Å². The van der Waals surface area contributed by atoms with Gasteiger partial charge >= 0.3 is 0 Å². The number of hydrogen-bond acceptors (Lipinski definition) is 6. The molecular weight excluding hydrogens is 552 g/mol. The normalized spacial score (nSPS) is 19.8. The quantitative estimate of drug-likeness (QED) is 0.371. The summed E-state index contributed by atoms with van der Waals surface area (Å²) in [5, 5.41) is 3.18. The van der Waals surface area contributed by atoms with Crippen LogP contribution in [0.5, 0.6) is 11.5 Å². The van der Waals surface area contributed by atoms with Gasteiger partial charge < -0.3 is 19.7 Å². The number of carbonyl (C=O) groups excluding carboxylic acids is 3. The van der Waals surface area contributed by atoms with Crippen LogP contribution in [0.15, 0.2) is 65.0 Å². The Morgan fingerprint density at radius 2 is 1.52 bits per heavy atom. The highest BCUT2D eigenvalue weighted by atomic mass is 35.5. The Morgan fingerprint density at radius 1 is 0.929 bits per heavy atom. The molecular formula is C34H39ClN2O5. The maximum absolute atomic E-state index is 13.8. The number of ketones is 2. The van der Waals surface area contributed by atoms with Crippen molar-refractivity contribution in [3.8, 4) is 11.5 Å². The highest BCUT2D eigenvalue weighted by Crippen LogP contribution is 2.54. The first kappa shape index (κ1) is 29.9. The molecule has 2 aliphatic carbocycles. The predicted molar refractivity (Wildman–Crippen MR) is 164 cm³/mol. The van der Waals surface area contributed by atoms with Crippen LogP contribution in [0.1, 0.15) is 71.8 Å². The number of anilines is 1. The van der Waals surface area contributed by atoms with E-state index in [1.54, 1.807) is 30.3 Å². The molecule has 0 bridgehead atoms. The van der Waals surface area contributed by atoms with Crippen molar-refractivity contribution in [1.29, 1.82) is 0 Å². The summed E-state index contributed by atoms with van der Waals surface area (Å²) in [6.45, 7) is 11.1. The molecule has 0 atom stereocenters. The van der Waals surface area contributed by atoms with E-state index in [4.69, 9.17) is 21.1 Å². The number of nitrogens with zero attached hydrogens (tertiary/aromatic N) is 1. The van der Waals surface area contributed by atoms with Crippen molar-refractivity contribution >= 4 is 34.8 Å². The lowest BCUT2D eigenvalue weighted by Crippen LogP contribution is -2.44. The molecule has 1 N–H and O–H groups in total. The Bertz CT molecular complexity index is 1470. The van der Waals surface area contributed by atoms with Gasteiger partial charge in [-0.1, -0.05) is 57.5 Å². The predicted octanol–water partition coefficient (Wildman–Crippen LogP) is 7.07. The maximum Gasteiger partial charge on any atom is 0.262 e. The van der Waals surface area contributed by atoms with Gasteiger partial charge in [0.1, 0.15) is 0 Å². The summed E-state index contributed by atoms with van der Waals surface area (Å²) in [7, 11) is 1.54. The molecule has 42 heavy (non-hydrogen) atoms. The molecule has 7 nitrogen and oxygen atoms in total. The fourth-order valence-corrected chi connectivity index (χ4v) is 6.82. The standard InChI is InChI=1S/C34H39ClN2O5/c1-7-37-23-15-33(2,3)17-25(38)31(23)30(32-24(37)16-34(4,5)18-26(32)39)20-12-13-27(28(14-20)41-6)42-19-29(40)36-22-11-9-8-10-21(22)35/h8-14,30H,7,15-19H2,1-6H3,(H,36,40). The van der Waals surface area contributed by atoms with Crippen LogP contribution in [0.3, 0.4) is 0 Å². The Hall–Kier alpha value is -3.58. The topological polar surface area (TPSA) is 84.9 Å². The lowest BCUT2D eigenvalue weighted by atomic mass is 9.63. The third kappa shape index (κ3) is 5.71. The minimum absolute atomic E-state index is 0.0874. The minimum Gasteiger partial charge on any atom is -0.493 e. The fourth-order valence-electron chi connectivity index (χ4n) is 6.64. The second-order valence-corrected chi connectivity index (χ2v) is 13.4. The minimum atomic E-state index is -0.475. The number of benzene rings is 2. The van der Waals surface area contributed by atoms with Crippen molar-refractivity contribution < 1.29 is 23.9 Å². The number of ether oxygens (including phenoxy) is 2. The molecule has 1 aliphatic heterocycles. The molecule has 3 aliphatic rings. The van der Waals surface area contributed by atoms with Gasteiger partial charge in [0.25, 0.3) is 5.91 Å². The third-order valence-corrected chi connectivity index (χ3v) is 8.70. The summed E-state index contributed by atoms with van der Waals surface area (Å²) in [5.74, 6) is 0.145. The van der Waals surface area contributed by atoms with Gasteiger partial charge in [0.15, 0.2) is 29.7 Å². The van der Waals surface area contributed by atoms with Gasteiger partial charge in [-0.15, -0.1) is 0 Å². The number of carbonyl (C=O) groups is 3. The summed E-state index contributed by atoms with van der Waals surface area (Å²) in [6, 6.07) is 12.4. The fraction of sp³-hybridized carbons (Fsp3) is 0.441. The van der Waals surface area contributed by atoms with E-state index < -0.39 is 5.92 Å². The van der Waals surface area contributed by atoms with E-state index >= 15 is 0 Å². The molecule has 2 aromatic carbocycles. The van der Waals surface area contributed by atoms with E-state index in [1.807, 2.05) is 12.1 Å². The Labute approximate surface area is 252 Å². The zero-order valence-electron chi connectivity index (χ0n) is 25.2. The van der Waals surface area contributed by atoms with Crippen molar-refractivity contribution in [2.75, 3.05) is 25.6 Å². The van der Waals surface area contributed by atoms with Crippen molar-refractivity contribution in [2.24, 2.45) is 10.8 Å². The van der Waals surface area contributed by atoms with Gasteiger partial charge in [-0.3, -0.25) is 14.4 Å². The second-order valence-electron chi connectivity index (χ2n) is 13.0. The monoisotopic (exact) mass is 590 g/mol. The zero-order valence-corrected chi connectivity index (χ0v) is 26.0. The summed E-state index contributed by atoms with van der Waals surface area (Å²) in [4.78, 5) is 42.5. The van der Waals surface area contributed by atoms with Crippen LogP contribution in [-0.2, 0) is 14.4 Å². The van der Waals surface area contributed by atoms with E-state index in [0.717, 1.165) is 40.9 Å². The molecule has 0 spiro atoms. The summed E-state index contributed by atoms with van der Waals surface area (Å²) < 4.78 is 11.5.